The fraction of sp³-hybridized carbons (Fsp3) is 0.500. The molecular formula is C12H16ClN3O2. The van der Waals surface area contributed by atoms with Gasteiger partial charge in [-0.3, -0.25) is 10.1 Å². The van der Waals surface area contributed by atoms with Crippen molar-refractivity contribution in [2.75, 3.05) is 18.0 Å². The lowest BCUT2D eigenvalue weighted by molar-refractivity contribution is -0.384. The second-order valence-corrected chi connectivity index (χ2v) is 5.08. The van der Waals surface area contributed by atoms with Gasteiger partial charge in [-0.25, -0.2) is 0 Å². The lowest BCUT2D eigenvalue weighted by Gasteiger charge is -2.39. The molecule has 1 fully saturated rings. The van der Waals surface area contributed by atoms with Crippen LogP contribution in [-0.4, -0.2) is 30.1 Å². The topological polar surface area (TPSA) is 58.4 Å². The minimum absolute atomic E-state index is 0.0726. The van der Waals surface area contributed by atoms with Crippen LogP contribution in [0.25, 0.3) is 0 Å². The standard InChI is InChI=1S/C12H16ClN3O2/c1-8-7-15(9(2)6-14-8)12-10(13)4-3-5-11(12)16(17)18/h3-5,8-9,14H,6-7H2,1-2H3. The van der Waals surface area contributed by atoms with Gasteiger partial charge in [0, 0.05) is 31.2 Å². The van der Waals surface area contributed by atoms with Crippen LogP contribution in [0, 0.1) is 10.1 Å². The molecule has 0 saturated carbocycles. The molecule has 0 amide bonds. The summed E-state index contributed by atoms with van der Waals surface area (Å²) in [6.07, 6.45) is 0. The first kappa shape index (κ1) is 13.1. The lowest BCUT2D eigenvalue weighted by Crippen LogP contribution is -2.54. The van der Waals surface area contributed by atoms with E-state index in [-0.39, 0.29) is 22.7 Å². The highest BCUT2D eigenvalue weighted by molar-refractivity contribution is 6.33. The molecule has 2 atom stereocenters. The number of hydrogen-bond acceptors (Lipinski definition) is 4. The monoisotopic (exact) mass is 269 g/mol. The molecule has 98 valence electrons. The Bertz CT molecular complexity index is 467. The van der Waals surface area contributed by atoms with Crippen LogP contribution in [0.4, 0.5) is 11.4 Å². The first-order chi connectivity index (χ1) is 8.50. The zero-order chi connectivity index (χ0) is 13.3. The summed E-state index contributed by atoms with van der Waals surface area (Å²) in [6.45, 7) is 5.60. The summed E-state index contributed by atoms with van der Waals surface area (Å²) in [5, 5.41) is 14.9. The lowest BCUT2D eigenvalue weighted by atomic mass is 10.1. The highest BCUT2D eigenvalue weighted by Crippen LogP contribution is 2.37. The van der Waals surface area contributed by atoms with E-state index in [1.165, 1.54) is 6.07 Å². The molecule has 0 spiro atoms. The quantitative estimate of drug-likeness (QED) is 0.662. The maximum absolute atomic E-state index is 11.1. The van der Waals surface area contributed by atoms with E-state index in [0.29, 0.717) is 17.3 Å². The van der Waals surface area contributed by atoms with Crippen molar-refractivity contribution in [2.24, 2.45) is 0 Å². The van der Waals surface area contributed by atoms with E-state index in [1.54, 1.807) is 12.1 Å². The molecule has 1 heterocycles. The molecule has 6 heteroatoms. The number of nitrogens with one attached hydrogen (secondary N) is 1. The minimum atomic E-state index is -0.374. The number of nitro groups is 1. The van der Waals surface area contributed by atoms with Gasteiger partial charge in [0.1, 0.15) is 5.69 Å². The number of rotatable bonds is 2. The summed E-state index contributed by atoms with van der Waals surface area (Å²) in [7, 11) is 0. The second kappa shape index (κ2) is 5.12. The molecule has 1 saturated heterocycles. The second-order valence-electron chi connectivity index (χ2n) is 4.68. The van der Waals surface area contributed by atoms with Gasteiger partial charge in [0.2, 0.25) is 0 Å². The Morgan fingerprint density at radius 1 is 1.50 bits per heavy atom. The Kier molecular flexibility index (Phi) is 3.73. The van der Waals surface area contributed by atoms with Crippen molar-refractivity contribution in [1.29, 1.82) is 0 Å². The highest BCUT2D eigenvalue weighted by atomic mass is 35.5. The van der Waals surface area contributed by atoms with Crippen molar-refractivity contribution in [3.05, 3.63) is 33.3 Å². The predicted octanol–water partition coefficient (Wildman–Crippen LogP) is 2.43. The van der Waals surface area contributed by atoms with Crippen LogP contribution in [0.5, 0.6) is 0 Å². The van der Waals surface area contributed by atoms with E-state index in [2.05, 4.69) is 12.2 Å². The van der Waals surface area contributed by atoms with Crippen molar-refractivity contribution < 1.29 is 4.92 Å². The fourth-order valence-corrected chi connectivity index (χ4v) is 2.55. The number of benzene rings is 1. The van der Waals surface area contributed by atoms with Crippen molar-refractivity contribution in [3.8, 4) is 0 Å². The molecule has 18 heavy (non-hydrogen) atoms. The summed E-state index contributed by atoms with van der Waals surface area (Å²) in [5.74, 6) is 0. The Balaban J connectivity index is 2.45. The van der Waals surface area contributed by atoms with Gasteiger partial charge in [0.05, 0.1) is 9.95 Å². The molecular weight excluding hydrogens is 254 g/mol. The van der Waals surface area contributed by atoms with E-state index in [1.807, 2.05) is 11.8 Å². The third-order valence-corrected chi connectivity index (χ3v) is 3.52. The summed E-state index contributed by atoms with van der Waals surface area (Å²) >= 11 is 6.15. The highest BCUT2D eigenvalue weighted by Gasteiger charge is 2.29. The third kappa shape index (κ3) is 2.42. The first-order valence-corrected chi connectivity index (χ1v) is 6.31. The zero-order valence-electron chi connectivity index (χ0n) is 10.4. The number of halogens is 1. The van der Waals surface area contributed by atoms with Crippen molar-refractivity contribution >= 4 is 23.0 Å². The normalized spacial score (nSPS) is 24.1. The van der Waals surface area contributed by atoms with E-state index in [9.17, 15) is 10.1 Å². The van der Waals surface area contributed by atoms with Crippen LogP contribution in [0.15, 0.2) is 18.2 Å². The van der Waals surface area contributed by atoms with Crippen molar-refractivity contribution in [1.82, 2.24) is 5.32 Å². The average Bonchev–Trinajstić information content (AvgIpc) is 2.32. The smallest absolute Gasteiger partial charge is 0.294 e. The van der Waals surface area contributed by atoms with Crippen molar-refractivity contribution in [2.45, 2.75) is 25.9 Å². The molecule has 0 aromatic heterocycles. The third-order valence-electron chi connectivity index (χ3n) is 3.21. The van der Waals surface area contributed by atoms with Gasteiger partial charge in [-0.2, -0.15) is 0 Å². The molecule has 1 aromatic rings. The maximum atomic E-state index is 11.1. The minimum Gasteiger partial charge on any atom is -0.359 e. The van der Waals surface area contributed by atoms with Crippen LogP contribution in [0.1, 0.15) is 13.8 Å². The Morgan fingerprint density at radius 2 is 2.22 bits per heavy atom. The SMILES string of the molecule is CC1CN(c2c(Cl)cccc2[N+](=O)[O-])C(C)CN1. The molecule has 1 N–H and O–H groups in total. The Morgan fingerprint density at radius 3 is 2.89 bits per heavy atom. The van der Waals surface area contributed by atoms with Gasteiger partial charge in [-0.1, -0.05) is 17.7 Å². The van der Waals surface area contributed by atoms with Crippen molar-refractivity contribution in [3.63, 3.8) is 0 Å². The number of para-hydroxylation sites is 1. The molecule has 0 radical (unpaired) electrons. The van der Waals surface area contributed by atoms with Crippen LogP contribution < -0.4 is 10.2 Å². The van der Waals surface area contributed by atoms with Gasteiger partial charge < -0.3 is 10.2 Å². The first-order valence-electron chi connectivity index (χ1n) is 5.93. The Hall–Kier alpha value is -1.33. The van der Waals surface area contributed by atoms with Crippen LogP contribution >= 0.6 is 11.6 Å². The molecule has 1 aromatic carbocycles. The van der Waals surface area contributed by atoms with Crippen LogP contribution in [0.2, 0.25) is 5.02 Å². The van der Waals surface area contributed by atoms with Gasteiger partial charge in [-0.05, 0) is 19.9 Å². The molecule has 0 bridgehead atoms. The molecule has 0 aliphatic carbocycles. The summed E-state index contributed by atoms with van der Waals surface area (Å²) in [5.41, 5.74) is 0.605. The number of nitro benzene ring substituents is 1. The molecule has 5 nitrogen and oxygen atoms in total. The van der Waals surface area contributed by atoms with Gasteiger partial charge in [0.15, 0.2) is 0 Å². The molecule has 2 rings (SSSR count). The number of hydrogen-bond donors (Lipinski definition) is 1. The zero-order valence-corrected chi connectivity index (χ0v) is 11.1. The Labute approximate surface area is 111 Å². The summed E-state index contributed by atoms with van der Waals surface area (Å²) in [6, 6.07) is 5.28. The van der Waals surface area contributed by atoms with E-state index in [0.717, 1.165) is 6.54 Å². The van der Waals surface area contributed by atoms with Crippen LogP contribution in [0.3, 0.4) is 0 Å². The maximum Gasteiger partial charge on any atom is 0.294 e. The predicted molar refractivity (Wildman–Crippen MR) is 72.4 cm³/mol. The number of nitrogens with zero attached hydrogens (tertiary/aromatic N) is 2. The average molecular weight is 270 g/mol. The van der Waals surface area contributed by atoms with Gasteiger partial charge >= 0.3 is 0 Å². The van der Waals surface area contributed by atoms with Gasteiger partial charge in [-0.15, -0.1) is 0 Å². The van der Waals surface area contributed by atoms with E-state index in [4.69, 9.17) is 11.6 Å². The molecule has 1 aliphatic heterocycles. The van der Waals surface area contributed by atoms with E-state index >= 15 is 0 Å². The number of anilines is 1. The van der Waals surface area contributed by atoms with Gasteiger partial charge in [0.25, 0.3) is 5.69 Å². The fourth-order valence-electron chi connectivity index (χ4n) is 2.27. The summed E-state index contributed by atoms with van der Waals surface area (Å²) < 4.78 is 0. The molecule has 1 aliphatic rings. The molecule has 2 unspecified atom stereocenters. The summed E-state index contributed by atoms with van der Waals surface area (Å²) in [4.78, 5) is 12.8. The van der Waals surface area contributed by atoms with Crippen LogP contribution in [-0.2, 0) is 0 Å². The van der Waals surface area contributed by atoms with E-state index < -0.39 is 0 Å². The number of piperazine rings is 1. The largest absolute Gasteiger partial charge is 0.359 e.